The molecule has 0 saturated carbocycles. The number of halogens is 2. The highest BCUT2D eigenvalue weighted by atomic mass is 35.5. The standard InChI is InChI=1S/C7H7ClFN/c1-10-7-3-2-5(8)4-6(7)9/h2-4,10H,1H3. The maximum atomic E-state index is 12.7. The van der Waals surface area contributed by atoms with Crippen molar-refractivity contribution in [1.29, 1.82) is 0 Å². The minimum absolute atomic E-state index is 0.324. The van der Waals surface area contributed by atoms with Crippen LogP contribution in [0.4, 0.5) is 10.1 Å². The van der Waals surface area contributed by atoms with E-state index in [1.54, 1.807) is 19.2 Å². The van der Waals surface area contributed by atoms with Crippen LogP contribution in [0.1, 0.15) is 0 Å². The second kappa shape index (κ2) is 2.88. The molecule has 0 unspecified atom stereocenters. The van der Waals surface area contributed by atoms with Gasteiger partial charge in [-0.15, -0.1) is 0 Å². The van der Waals surface area contributed by atoms with Crippen molar-refractivity contribution in [2.45, 2.75) is 0 Å². The molecule has 1 aromatic rings. The zero-order valence-electron chi connectivity index (χ0n) is 5.49. The Hall–Kier alpha value is -0.760. The summed E-state index contributed by atoms with van der Waals surface area (Å²) in [6, 6.07) is 4.50. The van der Waals surface area contributed by atoms with Gasteiger partial charge in [0, 0.05) is 12.1 Å². The highest BCUT2D eigenvalue weighted by molar-refractivity contribution is 6.30. The Morgan fingerprint density at radius 1 is 1.50 bits per heavy atom. The lowest BCUT2D eigenvalue weighted by Crippen LogP contribution is -1.90. The molecule has 1 rings (SSSR count). The smallest absolute Gasteiger partial charge is 0.147 e. The van der Waals surface area contributed by atoms with Gasteiger partial charge in [0.15, 0.2) is 0 Å². The van der Waals surface area contributed by atoms with Crippen LogP contribution < -0.4 is 5.32 Å². The van der Waals surface area contributed by atoms with Gasteiger partial charge in [-0.25, -0.2) is 4.39 Å². The van der Waals surface area contributed by atoms with Gasteiger partial charge in [0.25, 0.3) is 0 Å². The van der Waals surface area contributed by atoms with Crippen LogP contribution in [0.2, 0.25) is 5.02 Å². The normalized spacial score (nSPS) is 9.50. The van der Waals surface area contributed by atoms with Crippen molar-refractivity contribution in [1.82, 2.24) is 0 Å². The van der Waals surface area contributed by atoms with E-state index >= 15 is 0 Å². The average Bonchev–Trinajstić information content (AvgIpc) is 1.88. The number of rotatable bonds is 1. The molecule has 0 bridgehead atoms. The van der Waals surface area contributed by atoms with Gasteiger partial charge < -0.3 is 5.32 Å². The predicted octanol–water partition coefficient (Wildman–Crippen LogP) is 2.52. The number of benzene rings is 1. The third-order valence-electron chi connectivity index (χ3n) is 1.20. The first-order valence-corrected chi connectivity index (χ1v) is 3.24. The predicted molar refractivity (Wildman–Crippen MR) is 41.0 cm³/mol. The van der Waals surface area contributed by atoms with E-state index in [2.05, 4.69) is 5.32 Å². The molecule has 0 aliphatic rings. The van der Waals surface area contributed by atoms with Crippen molar-refractivity contribution in [3.05, 3.63) is 29.0 Å². The van der Waals surface area contributed by atoms with Gasteiger partial charge in [0.1, 0.15) is 5.82 Å². The fraction of sp³-hybridized carbons (Fsp3) is 0.143. The van der Waals surface area contributed by atoms with E-state index in [0.717, 1.165) is 0 Å². The molecule has 0 atom stereocenters. The Bertz CT molecular complexity index is 237. The molecule has 3 heteroatoms. The van der Waals surface area contributed by atoms with Gasteiger partial charge in [0.2, 0.25) is 0 Å². The Labute approximate surface area is 63.8 Å². The molecule has 54 valence electrons. The highest BCUT2D eigenvalue weighted by Crippen LogP contribution is 2.17. The number of nitrogens with one attached hydrogen (secondary N) is 1. The molecular weight excluding hydrogens is 153 g/mol. The first-order chi connectivity index (χ1) is 4.74. The van der Waals surface area contributed by atoms with E-state index in [-0.39, 0.29) is 5.82 Å². The summed E-state index contributed by atoms with van der Waals surface area (Å²) in [7, 11) is 1.66. The molecule has 0 radical (unpaired) electrons. The molecule has 1 N–H and O–H groups in total. The molecule has 0 amide bonds. The molecule has 0 aromatic heterocycles. The molecule has 0 aliphatic heterocycles. The average molecular weight is 160 g/mol. The molecule has 0 spiro atoms. The monoisotopic (exact) mass is 159 g/mol. The van der Waals surface area contributed by atoms with Crippen molar-refractivity contribution in [2.24, 2.45) is 0 Å². The molecular formula is C7H7ClFN. The van der Waals surface area contributed by atoms with Crippen molar-refractivity contribution in [2.75, 3.05) is 12.4 Å². The molecule has 1 aromatic carbocycles. The third kappa shape index (κ3) is 1.39. The van der Waals surface area contributed by atoms with Crippen LogP contribution >= 0.6 is 11.6 Å². The van der Waals surface area contributed by atoms with Crippen LogP contribution in [-0.4, -0.2) is 7.05 Å². The lowest BCUT2D eigenvalue weighted by molar-refractivity contribution is 0.631. The van der Waals surface area contributed by atoms with Crippen LogP contribution in [0.15, 0.2) is 18.2 Å². The Morgan fingerprint density at radius 3 is 2.70 bits per heavy atom. The fourth-order valence-electron chi connectivity index (χ4n) is 0.692. The maximum absolute atomic E-state index is 12.7. The zero-order chi connectivity index (χ0) is 7.56. The van der Waals surface area contributed by atoms with E-state index in [9.17, 15) is 4.39 Å². The van der Waals surface area contributed by atoms with Gasteiger partial charge in [-0.05, 0) is 18.2 Å². The Balaban J connectivity index is 3.07. The van der Waals surface area contributed by atoms with Crippen LogP contribution in [-0.2, 0) is 0 Å². The summed E-state index contributed by atoms with van der Waals surface area (Å²) < 4.78 is 12.7. The molecule has 0 aliphatic carbocycles. The summed E-state index contributed by atoms with van der Waals surface area (Å²) in [4.78, 5) is 0. The van der Waals surface area contributed by atoms with Crippen molar-refractivity contribution < 1.29 is 4.39 Å². The van der Waals surface area contributed by atoms with Crippen molar-refractivity contribution in [3.63, 3.8) is 0 Å². The van der Waals surface area contributed by atoms with E-state index in [1.165, 1.54) is 6.07 Å². The summed E-state index contributed by atoms with van der Waals surface area (Å²) in [5.41, 5.74) is 0.462. The quantitative estimate of drug-likeness (QED) is 0.664. The van der Waals surface area contributed by atoms with Crippen LogP contribution in [0.3, 0.4) is 0 Å². The Morgan fingerprint density at radius 2 is 2.20 bits per heavy atom. The van der Waals surface area contributed by atoms with Crippen LogP contribution in [0.25, 0.3) is 0 Å². The van der Waals surface area contributed by atoms with Gasteiger partial charge in [-0.3, -0.25) is 0 Å². The number of hydrogen-bond acceptors (Lipinski definition) is 1. The second-order valence-corrected chi connectivity index (χ2v) is 2.31. The first kappa shape index (κ1) is 7.35. The third-order valence-corrected chi connectivity index (χ3v) is 1.44. The highest BCUT2D eigenvalue weighted by Gasteiger charge is 1.98. The summed E-state index contributed by atoms with van der Waals surface area (Å²) in [6.45, 7) is 0. The molecule has 10 heavy (non-hydrogen) atoms. The molecule has 0 saturated heterocycles. The van der Waals surface area contributed by atoms with Gasteiger partial charge in [-0.1, -0.05) is 11.6 Å². The largest absolute Gasteiger partial charge is 0.386 e. The van der Waals surface area contributed by atoms with Gasteiger partial charge in [0.05, 0.1) is 5.69 Å². The van der Waals surface area contributed by atoms with Gasteiger partial charge in [-0.2, -0.15) is 0 Å². The summed E-state index contributed by atoms with van der Waals surface area (Å²) in [5, 5.41) is 3.10. The summed E-state index contributed by atoms with van der Waals surface area (Å²) in [6.07, 6.45) is 0. The first-order valence-electron chi connectivity index (χ1n) is 2.87. The summed E-state index contributed by atoms with van der Waals surface area (Å²) in [5.74, 6) is -0.324. The minimum Gasteiger partial charge on any atom is -0.386 e. The van der Waals surface area contributed by atoms with E-state index in [1.807, 2.05) is 0 Å². The van der Waals surface area contributed by atoms with Crippen LogP contribution in [0, 0.1) is 5.82 Å². The molecule has 0 fully saturated rings. The number of anilines is 1. The second-order valence-electron chi connectivity index (χ2n) is 1.87. The zero-order valence-corrected chi connectivity index (χ0v) is 6.24. The Kier molecular flexibility index (Phi) is 2.12. The topological polar surface area (TPSA) is 12.0 Å². The number of hydrogen-bond donors (Lipinski definition) is 1. The maximum Gasteiger partial charge on any atom is 0.147 e. The fourth-order valence-corrected chi connectivity index (χ4v) is 0.851. The SMILES string of the molecule is CNc1ccc(Cl)cc1F. The van der Waals surface area contributed by atoms with E-state index in [4.69, 9.17) is 11.6 Å². The van der Waals surface area contributed by atoms with E-state index in [0.29, 0.717) is 10.7 Å². The summed E-state index contributed by atoms with van der Waals surface area (Å²) >= 11 is 5.51. The van der Waals surface area contributed by atoms with Crippen molar-refractivity contribution in [3.8, 4) is 0 Å². The van der Waals surface area contributed by atoms with Crippen molar-refractivity contribution >= 4 is 17.3 Å². The molecule has 1 nitrogen and oxygen atoms in total. The molecule has 0 heterocycles. The minimum atomic E-state index is -0.324. The van der Waals surface area contributed by atoms with E-state index < -0.39 is 0 Å². The lowest BCUT2D eigenvalue weighted by atomic mass is 10.3. The van der Waals surface area contributed by atoms with Gasteiger partial charge >= 0.3 is 0 Å². The lowest BCUT2D eigenvalue weighted by Gasteiger charge is -2.00. The van der Waals surface area contributed by atoms with Crippen LogP contribution in [0.5, 0.6) is 0 Å².